The van der Waals surface area contributed by atoms with Gasteiger partial charge in [0.15, 0.2) is 5.82 Å². The molecule has 2 aromatic rings. The molecule has 0 aliphatic carbocycles. The molecule has 2 rings (SSSR count). The summed E-state index contributed by atoms with van der Waals surface area (Å²) in [6.45, 7) is 0. The number of carbonyl (C=O) groups is 1. The molecule has 1 heterocycles. The lowest BCUT2D eigenvalue weighted by Gasteiger charge is -2.07. The van der Waals surface area contributed by atoms with Gasteiger partial charge < -0.3 is 0 Å². The van der Waals surface area contributed by atoms with Crippen molar-refractivity contribution < 1.29 is 22.4 Å². The van der Waals surface area contributed by atoms with Crippen LogP contribution in [0.5, 0.6) is 0 Å². The van der Waals surface area contributed by atoms with Crippen LogP contribution in [-0.2, 0) is 11.0 Å². The first-order chi connectivity index (χ1) is 9.75. The zero-order valence-electron chi connectivity index (χ0n) is 10.1. The van der Waals surface area contributed by atoms with Crippen molar-refractivity contribution in [3.8, 4) is 11.4 Å². The van der Waals surface area contributed by atoms with Crippen LogP contribution < -0.4 is 0 Å². The number of carbonyl (C=O) groups excluding carboxylic acids is 1. The fourth-order valence-corrected chi connectivity index (χ4v) is 1.66. The highest BCUT2D eigenvalue weighted by Gasteiger charge is 2.31. The van der Waals surface area contributed by atoms with Gasteiger partial charge >= 0.3 is 6.18 Å². The van der Waals surface area contributed by atoms with E-state index in [-0.39, 0.29) is 15.2 Å². The second kappa shape index (κ2) is 5.92. The SMILES string of the molecule is O=C(I)/C=C\n1cnc(-c2cc(F)cc(C(F)(F)F)c2)n1. The molecule has 0 saturated heterocycles. The molecule has 0 unspecified atom stereocenters. The molecule has 0 spiro atoms. The Morgan fingerprint density at radius 1 is 1.29 bits per heavy atom. The summed E-state index contributed by atoms with van der Waals surface area (Å²) in [7, 11) is 0. The average molecular weight is 411 g/mol. The van der Waals surface area contributed by atoms with E-state index in [1.807, 2.05) is 0 Å². The third kappa shape index (κ3) is 4.09. The summed E-state index contributed by atoms with van der Waals surface area (Å²) >= 11 is 1.54. The predicted molar refractivity (Wildman–Crippen MR) is 74.8 cm³/mol. The van der Waals surface area contributed by atoms with E-state index in [0.717, 1.165) is 16.8 Å². The summed E-state index contributed by atoms with van der Waals surface area (Å²) < 4.78 is 52.0. The predicted octanol–water partition coefficient (Wildman–Crippen LogP) is 3.54. The van der Waals surface area contributed by atoms with Crippen LogP contribution in [0.4, 0.5) is 17.6 Å². The van der Waals surface area contributed by atoms with Crippen molar-refractivity contribution in [1.82, 2.24) is 14.8 Å². The van der Waals surface area contributed by atoms with Gasteiger partial charge in [0, 0.05) is 40.4 Å². The molecule has 0 aliphatic heterocycles. The smallest absolute Gasteiger partial charge is 0.283 e. The fraction of sp³-hybridized carbons (Fsp3) is 0.0833. The summed E-state index contributed by atoms with van der Waals surface area (Å²) in [6, 6.07) is 2.06. The van der Waals surface area contributed by atoms with Crippen molar-refractivity contribution in [2.75, 3.05) is 0 Å². The molecule has 0 N–H and O–H groups in total. The van der Waals surface area contributed by atoms with E-state index in [4.69, 9.17) is 0 Å². The molecule has 0 aliphatic rings. The second-order valence-electron chi connectivity index (χ2n) is 3.89. The van der Waals surface area contributed by atoms with Crippen LogP contribution in [0.15, 0.2) is 30.6 Å². The van der Waals surface area contributed by atoms with Gasteiger partial charge in [-0.15, -0.1) is 5.10 Å². The Hall–Kier alpha value is -1.78. The molecule has 0 bridgehead atoms. The van der Waals surface area contributed by atoms with Crippen molar-refractivity contribution in [3.63, 3.8) is 0 Å². The number of allylic oxidation sites excluding steroid dienone is 1. The van der Waals surface area contributed by atoms with Crippen LogP contribution in [0.25, 0.3) is 17.6 Å². The molecule has 0 saturated carbocycles. The van der Waals surface area contributed by atoms with Gasteiger partial charge in [0.05, 0.1) is 5.56 Å². The van der Waals surface area contributed by atoms with Gasteiger partial charge in [-0.3, -0.25) is 4.79 Å². The van der Waals surface area contributed by atoms with E-state index in [1.165, 1.54) is 18.6 Å². The van der Waals surface area contributed by atoms with Crippen molar-refractivity contribution in [2.24, 2.45) is 0 Å². The quantitative estimate of drug-likeness (QED) is 0.336. The minimum absolute atomic E-state index is 0.0782. The third-order valence-electron chi connectivity index (χ3n) is 2.35. The van der Waals surface area contributed by atoms with Crippen LogP contribution in [0.3, 0.4) is 0 Å². The van der Waals surface area contributed by atoms with Crippen LogP contribution in [-0.4, -0.2) is 18.6 Å². The van der Waals surface area contributed by atoms with Gasteiger partial charge in [0.1, 0.15) is 12.1 Å². The summed E-state index contributed by atoms with van der Waals surface area (Å²) in [5, 5.41) is 3.85. The summed E-state index contributed by atoms with van der Waals surface area (Å²) in [4.78, 5) is 14.5. The largest absolute Gasteiger partial charge is 0.416 e. The Kier molecular flexibility index (Phi) is 4.40. The Morgan fingerprint density at radius 3 is 2.62 bits per heavy atom. The van der Waals surface area contributed by atoms with Crippen molar-refractivity contribution in [1.29, 1.82) is 0 Å². The van der Waals surface area contributed by atoms with E-state index < -0.39 is 17.6 Å². The van der Waals surface area contributed by atoms with E-state index >= 15 is 0 Å². The number of alkyl halides is 3. The maximum atomic E-state index is 13.3. The van der Waals surface area contributed by atoms with Crippen LogP contribution in [0, 0.1) is 5.82 Å². The Morgan fingerprint density at radius 2 is 2.00 bits per heavy atom. The summed E-state index contributed by atoms with van der Waals surface area (Å²) in [5.74, 6) is -1.11. The topological polar surface area (TPSA) is 47.8 Å². The number of hydrogen-bond donors (Lipinski definition) is 0. The van der Waals surface area contributed by atoms with Gasteiger partial charge in [-0.25, -0.2) is 14.1 Å². The minimum Gasteiger partial charge on any atom is -0.283 e. The Labute approximate surface area is 129 Å². The molecule has 0 amide bonds. The molecule has 1 aromatic heterocycles. The van der Waals surface area contributed by atoms with Crippen molar-refractivity contribution >= 4 is 32.6 Å². The number of rotatable bonds is 3. The molecular weight excluding hydrogens is 405 g/mol. The number of halogens is 5. The zero-order chi connectivity index (χ0) is 15.6. The highest BCUT2D eigenvalue weighted by molar-refractivity contribution is 14.1. The van der Waals surface area contributed by atoms with Gasteiger partial charge in [0.25, 0.3) is 0 Å². The first-order valence-corrected chi connectivity index (χ1v) is 6.50. The maximum absolute atomic E-state index is 13.3. The standard InChI is InChI=1S/C12H6F4IN3O/c13-9-4-7(3-8(5-9)12(14,15)16)11-18-6-20(19-11)2-1-10(17)21/h1-6H/b2-1-. The van der Waals surface area contributed by atoms with E-state index in [2.05, 4.69) is 10.1 Å². The van der Waals surface area contributed by atoms with E-state index in [0.29, 0.717) is 6.07 Å². The normalized spacial score (nSPS) is 12.0. The number of nitrogens with zero attached hydrogens (tertiary/aromatic N) is 3. The third-order valence-corrected chi connectivity index (χ3v) is 2.71. The number of benzene rings is 1. The van der Waals surface area contributed by atoms with Crippen molar-refractivity contribution in [2.45, 2.75) is 6.18 Å². The van der Waals surface area contributed by atoms with E-state index in [9.17, 15) is 22.4 Å². The first kappa shape index (κ1) is 15.6. The second-order valence-corrected chi connectivity index (χ2v) is 4.96. The summed E-state index contributed by atoms with van der Waals surface area (Å²) in [5.41, 5.74) is -1.22. The fourth-order valence-electron chi connectivity index (χ4n) is 1.50. The first-order valence-electron chi connectivity index (χ1n) is 5.42. The Balaban J connectivity index is 2.39. The van der Waals surface area contributed by atoms with Crippen LogP contribution in [0.2, 0.25) is 0 Å². The lowest BCUT2D eigenvalue weighted by molar-refractivity contribution is -0.137. The van der Waals surface area contributed by atoms with Gasteiger partial charge in [-0.2, -0.15) is 13.2 Å². The minimum atomic E-state index is -4.66. The molecule has 0 fully saturated rings. The molecule has 0 atom stereocenters. The van der Waals surface area contributed by atoms with E-state index in [1.54, 1.807) is 22.6 Å². The number of hydrogen-bond acceptors (Lipinski definition) is 3. The zero-order valence-corrected chi connectivity index (χ0v) is 12.3. The molecular formula is C12H6F4IN3O. The monoisotopic (exact) mass is 411 g/mol. The highest BCUT2D eigenvalue weighted by Crippen LogP contribution is 2.32. The van der Waals surface area contributed by atoms with Gasteiger partial charge in [0.2, 0.25) is 3.79 Å². The molecule has 110 valence electrons. The summed E-state index contributed by atoms with van der Waals surface area (Å²) in [6.07, 6.45) is -0.975. The average Bonchev–Trinajstić information content (AvgIpc) is 2.83. The van der Waals surface area contributed by atoms with Crippen molar-refractivity contribution in [3.05, 3.63) is 42.0 Å². The maximum Gasteiger partial charge on any atom is 0.416 e. The van der Waals surface area contributed by atoms with Gasteiger partial charge in [-0.05, 0) is 18.2 Å². The van der Waals surface area contributed by atoms with Gasteiger partial charge in [-0.1, -0.05) is 0 Å². The molecule has 21 heavy (non-hydrogen) atoms. The Bertz CT molecular complexity index is 709. The van der Waals surface area contributed by atoms with Crippen LogP contribution in [0.1, 0.15) is 5.56 Å². The molecule has 9 heteroatoms. The number of aromatic nitrogens is 3. The lowest BCUT2D eigenvalue weighted by atomic mass is 10.1. The van der Waals surface area contributed by atoms with Crippen LogP contribution >= 0.6 is 22.6 Å². The molecule has 4 nitrogen and oxygen atoms in total. The highest BCUT2D eigenvalue weighted by atomic mass is 127. The molecule has 0 radical (unpaired) electrons. The lowest BCUT2D eigenvalue weighted by Crippen LogP contribution is -2.05. The molecule has 1 aromatic carbocycles.